The van der Waals surface area contributed by atoms with Gasteiger partial charge in [-0.25, -0.2) is 0 Å². The van der Waals surface area contributed by atoms with Gasteiger partial charge in [0.25, 0.3) is 0 Å². The first kappa shape index (κ1) is 20.6. The van der Waals surface area contributed by atoms with E-state index in [0.717, 1.165) is 50.9 Å². The minimum absolute atomic E-state index is 0.139. The van der Waals surface area contributed by atoms with Crippen LogP contribution in [0, 0.1) is 29.6 Å². The maximum atomic E-state index is 11.2. The fourth-order valence-corrected chi connectivity index (χ4v) is 5.39. The lowest BCUT2D eigenvalue weighted by Gasteiger charge is -2.37. The summed E-state index contributed by atoms with van der Waals surface area (Å²) < 4.78 is 4.68. The monoisotopic (exact) mass is 376 g/mol. The van der Waals surface area contributed by atoms with Gasteiger partial charge in [-0.05, 0) is 68.6 Å². The second-order valence-corrected chi connectivity index (χ2v) is 8.92. The molecule has 0 radical (unpaired) electrons. The highest BCUT2D eigenvalue weighted by Gasteiger charge is 2.45. The summed E-state index contributed by atoms with van der Waals surface area (Å²) in [5.41, 5.74) is 1.48. The van der Waals surface area contributed by atoms with Crippen molar-refractivity contribution in [2.45, 2.75) is 76.9 Å². The molecule has 3 aliphatic rings. The number of fused-ring (bicyclic) bond motifs is 1. The Kier molecular flexibility index (Phi) is 7.16. The molecule has 0 heterocycles. The van der Waals surface area contributed by atoms with Gasteiger partial charge in [0.1, 0.15) is 0 Å². The molecule has 4 heteroatoms. The average molecular weight is 377 g/mol. The lowest BCUT2D eigenvalue weighted by atomic mass is 9.70. The molecule has 3 saturated carbocycles. The van der Waals surface area contributed by atoms with Crippen molar-refractivity contribution in [2.24, 2.45) is 29.6 Å². The molecule has 152 valence electrons. The van der Waals surface area contributed by atoms with E-state index in [-0.39, 0.29) is 24.1 Å². The minimum Gasteiger partial charge on any atom is -0.469 e. The van der Waals surface area contributed by atoms with E-state index in [2.05, 4.69) is 23.8 Å². The molecule has 0 saturated heterocycles. The van der Waals surface area contributed by atoms with Crippen LogP contribution in [0.2, 0.25) is 0 Å². The topological polar surface area (TPSA) is 66.8 Å². The van der Waals surface area contributed by atoms with Crippen molar-refractivity contribution in [3.8, 4) is 0 Å². The number of unbranched alkanes of at least 4 members (excludes halogenated alkanes) is 1. The number of hydrogen-bond acceptors (Lipinski definition) is 4. The molecule has 4 nitrogen and oxygen atoms in total. The third kappa shape index (κ3) is 5.03. The molecule has 0 aromatic carbocycles. The van der Waals surface area contributed by atoms with Crippen LogP contribution in [-0.2, 0) is 9.53 Å². The molecule has 5 atom stereocenters. The summed E-state index contributed by atoms with van der Waals surface area (Å²) in [5.74, 6) is 2.30. The van der Waals surface area contributed by atoms with Gasteiger partial charge in [-0.1, -0.05) is 37.1 Å². The number of hydrogen-bond donors (Lipinski definition) is 2. The molecule has 3 rings (SSSR count). The Morgan fingerprint density at radius 2 is 2.07 bits per heavy atom. The zero-order chi connectivity index (χ0) is 19.4. The van der Waals surface area contributed by atoms with Crippen molar-refractivity contribution >= 4 is 5.97 Å². The summed E-state index contributed by atoms with van der Waals surface area (Å²) in [6, 6.07) is 0. The predicted octanol–water partition coefficient (Wildman–Crippen LogP) is 4.02. The van der Waals surface area contributed by atoms with Crippen molar-refractivity contribution in [2.75, 3.05) is 7.11 Å². The Morgan fingerprint density at radius 1 is 1.30 bits per heavy atom. The second-order valence-electron chi connectivity index (χ2n) is 8.92. The minimum atomic E-state index is -0.353. The number of carbonyl (C=O) groups is 1. The quantitative estimate of drug-likeness (QED) is 0.381. The van der Waals surface area contributed by atoms with Crippen LogP contribution in [0.4, 0.5) is 0 Å². The fraction of sp³-hybridized carbons (Fsp3) is 0.783. The second kappa shape index (κ2) is 9.38. The lowest BCUT2D eigenvalue weighted by molar-refractivity contribution is -0.140. The summed E-state index contributed by atoms with van der Waals surface area (Å²) >= 11 is 0. The van der Waals surface area contributed by atoms with Gasteiger partial charge in [0, 0.05) is 12.3 Å². The maximum absolute atomic E-state index is 11.2. The molecular formula is C23H36O4. The number of methoxy groups -OCH3 is 1. The Bertz CT molecular complexity index is 561. The van der Waals surface area contributed by atoms with E-state index in [0.29, 0.717) is 24.2 Å². The van der Waals surface area contributed by atoms with E-state index >= 15 is 0 Å². The van der Waals surface area contributed by atoms with E-state index in [1.807, 2.05) is 6.08 Å². The molecule has 0 amide bonds. The SMILES string of the molecule is CCC1CC([C@@H](O)C=C[C@@H]2[C@H]3CC(=CCCCC(=O)OC)C[C@@H]3C[C@H]2O)C1. The van der Waals surface area contributed by atoms with Crippen LogP contribution in [-0.4, -0.2) is 35.5 Å². The van der Waals surface area contributed by atoms with Gasteiger partial charge in [0.2, 0.25) is 0 Å². The third-order valence-corrected chi connectivity index (χ3v) is 7.22. The Balaban J connectivity index is 1.48. The fourth-order valence-electron chi connectivity index (χ4n) is 5.39. The average Bonchev–Trinajstić information content (AvgIpc) is 3.12. The lowest BCUT2D eigenvalue weighted by Crippen LogP contribution is -2.32. The molecule has 0 bridgehead atoms. The first-order valence-corrected chi connectivity index (χ1v) is 10.8. The van der Waals surface area contributed by atoms with Crippen LogP contribution in [0.3, 0.4) is 0 Å². The van der Waals surface area contributed by atoms with Crippen molar-refractivity contribution in [3.05, 3.63) is 23.8 Å². The van der Waals surface area contributed by atoms with E-state index in [1.54, 1.807) is 0 Å². The summed E-state index contributed by atoms with van der Waals surface area (Å²) in [6.45, 7) is 2.22. The number of aliphatic hydroxyl groups excluding tert-OH is 2. The van der Waals surface area contributed by atoms with Crippen LogP contribution in [0.1, 0.15) is 64.7 Å². The van der Waals surface area contributed by atoms with E-state index < -0.39 is 0 Å². The van der Waals surface area contributed by atoms with Crippen molar-refractivity contribution < 1.29 is 19.7 Å². The maximum Gasteiger partial charge on any atom is 0.305 e. The van der Waals surface area contributed by atoms with Crippen LogP contribution in [0.25, 0.3) is 0 Å². The molecule has 3 fully saturated rings. The van der Waals surface area contributed by atoms with E-state index in [1.165, 1.54) is 19.1 Å². The van der Waals surface area contributed by atoms with Crippen LogP contribution >= 0.6 is 0 Å². The number of aliphatic hydroxyl groups is 2. The third-order valence-electron chi connectivity index (χ3n) is 7.22. The Labute approximate surface area is 163 Å². The highest BCUT2D eigenvalue weighted by atomic mass is 16.5. The van der Waals surface area contributed by atoms with E-state index in [4.69, 9.17) is 0 Å². The van der Waals surface area contributed by atoms with Gasteiger partial charge in [0.15, 0.2) is 0 Å². The number of allylic oxidation sites excluding steroid dienone is 2. The van der Waals surface area contributed by atoms with Crippen molar-refractivity contribution in [1.29, 1.82) is 0 Å². The predicted molar refractivity (Wildman–Crippen MR) is 106 cm³/mol. The smallest absolute Gasteiger partial charge is 0.305 e. The Morgan fingerprint density at radius 3 is 2.78 bits per heavy atom. The largest absolute Gasteiger partial charge is 0.469 e. The Hall–Kier alpha value is -1.13. The normalized spacial score (nSPS) is 38.1. The summed E-state index contributed by atoms with van der Waals surface area (Å²) in [5, 5.41) is 20.9. The molecule has 2 N–H and O–H groups in total. The van der Waals surface area contributed by atoms with E-state index in [9.17, 15) is 15.0 Å². The van der Waals surface area contributed by atoms with Gasteiger partial charge in [0.05, 0.1) is 19.3 Å². The van der Waals surface area contributed by atoms with Crippen LogP contribution < -0.4 is 0 Å². The van der Waals surface area contributed by atoms with Crippen LogP contribution in [0.15, 0.2) is 23.8 Å². The highest BCUT2D eigenvalue weighted by Crippen LogP contribution is 2.50. The summed E-state index contributed by atoms with van der Waals surface area (Å²) in [7, 11) is 1.43. The number of rotatable bonds is 8. The zero-order valence-corrected chi connectivity index (χ0v) is 16.8. The first-order valence-electron chi connectivity index (χ1n) is 10.8. The molecule has 3 aliphatic carbocycles. The molecule has 0 aromatic rings. The highest BCUT2D eigenvalue weighted by molar-refractivity contribution is 5.69. The van der Waals surface area contributed by atoms with Gasteiger partial charge in [-0.2, -0.15) is 0 Å². The molecule has 0 unspecified atom stereocenters. The molecule has 0 spiro atoms. The van der Waals surface area contributed by atoms with Crippen LogP contribution in [0.5, 0.6) is 0 Å². The summed E-state index contributed by atoms with van der Waals surface area (Å²) in [6.07, 6.45) is 14.5. The number of esters is 1. The number of carbonyl (C=O) groups excluding carboxylic acids is 1. The molecule has 0 aromatic heterocycles. The zero-order valence-electron chi connectivity index (χ0n) is 16.8. The molecule has 0 aliphatic heterocycles. The van der Waals surface area contributed by atoms with Gasteiger partial charge < -0.3 is 14.9 Å². The molecule has 27 heavy (non-hydrogen) atoms. The summed E-state index contributed by atoms with van der Waals surface area (Å²) in [4.78, 5) is 11.2. The molecular weight excluding hydrogens is 340 g/mol. The van der Waals surface area contributed by atoms with Gasteiger partial charge >= 0.3 is 5.97 Å². The van der Waals surface area contributed by atoms with Gasteiger partial charge in [-0.3, -0.25) is 4.79 Å². The van der Waals surface area contributed by atoms with Crippen molar-refractivity contribution in [3.63, 3.8) is 0 Å². The number of ether oxygens (including phenoxy) is 1. The van der Waals surface area contributed by atoms with Crippen molar-refractivity contribution in [1.82, 2.24) is 0 Å². The standard InChI is InChI=1S/C23H36O4/c1-3-15-10-18(11-15)21(24)9-8-19-20-13-16(12-17(20)14-22(19)25)6-4-5-7-23(26)27-2/h6,8-9,15,17-22,24-25H,3-5,7,10-14H2,1-2H3/t15?,17-,18?,19-,20+,21+,22-/m1/s1. The van der Waals surface area contributed by atoms with Gasteiger partial charge in [-0.15, -0.1) is 0 Å². The first-order chi connectivity index (χ1) is 13.0.